The fourth-order valence-electron chi connectivity index (χ4n) is 2.01. The van der Waals surface area contributed by atoms with E-state index < -0.39 is 0 Å². The summed E-state index contributed by atoms with van der Waals surface area (Å²) in [6.07, 6.45) is 0. The first-order valence-electron chi connectivity index (χ1n) is 6.39. The van der Waals surface area contributed by atoms with Crippen LogP contribution in [0.3, 0.4) is 0 Å². The number of carbonyl (C=O) groups is 1. The summed E-state index contributed by atoms with van der Waals surface area (Å²) in [6.45, 7) is 0. The summed E-state index contributed by atoms with van der Waals surface area (Å²) < 4.78 is 18.4. The van der Waals surface area contributed by atoms with Crippen molar-refractivity contribution in [3.05, 3.63) is 77.8 Å². The van der Waals surface area contributed by atoms with Crippen LogP contribution in [-0.2, 0) is 0 Å². The van der Waals surface area contributed by atoms with E-state index >= 15 is 0 Å². The first-order chi connectivity index (χ1) is 10.1. The molecule has 21 heavy (non-hydrogen) atoms. The Morgan fingerprint density at radius 2 is 1.57 bits per heavy atom. The summed E-state index contributed by atoms with van der Waals surface area (Å²) in [5.41, 5.74) is 7.51. The van der Waals surface area contributed by atoms with Gasteiger partial charge in [0.05, 0.1) is 0 Å². The number of halogens is 1. The molecule has 1 heterocycles. The predicted molar refractivity (Wildman–Crippen MR) is 78.4 cm³/mol. The Morgan fingerprint density at radius 1 is 0.905 bits per heavy atom. The second-order valence-corrected chi connectivity index (χ2v) is 4.62. The lowest BCUT2D eigenvalue weighted by Gasteiger charge is -1.99. The zero-order valence-electron chi connectivity index (χ0n) is 11.0. The smallest absolute Gasteiger partial charge is 0.228 e. The van der Waals surface area contributed by atoms with Crippen LogP contribution in [0.25, 0.3) is 11.3 Å². The maximum absolute atomic E-state index is 12.9. The second-order valence-electron chi connectivity index (χ2n) is 4.62. The summed E-state index contributed by atoms with van der Waals surface area (Å²) in [5.74, 6) is 0.138. The molecular weight excluding hydrogens is 269 g/mol. The van der Waals surface area contributed by atoms with E-state index in [4.69, 9.17) is 10.2 Å². The largest absolute Gasteiger partial charge is 0.453 e. The first kappa shape index (κ1) is 13.1. The van der Waals surface area contributed by atoms with Crippen LogP contribution in [0.4, 0.5) is 10.1 Å². The van der Waals surface area contributed by atoms with Gasteiger partial charge in [0.2, 0.25) is 5.78 Å². The normalized spacial score (nSPS) is 10.5. The molecule has 0 bridgehead atoms. The van der Waals surface area contributed by atoms with Gasteiger partial charge in [-0.15, -0.1) is 0 Å². The lowest BCUT2D eigenvalue weighted by atomic mass is 10.1. The van der Waals surface area contributed by atoms with Crippen LogP contribution in [0.15, 0.2) is 65.1 Å². The van der Waals surface area contributed by atoms with Gasteiger partial charge in [-0.1, -0.05) is 0 Å². The Bertz CT molecular complexity index is 773. The Balaban J connectivity index is 1.89. The Labute approximate surface area is 120 Å². The van der Waals surface area contributed by atoms with E-state index in [0.29, 0.717) is 17.0 Å². The highest BCUT2D eigenvalue weighted by atomic mass is 19.1. The Kier molecular flexibility index (Phi) is 3.28. The molecule has 0 spiro atoms. The highest BCUT2D eigenvalue weighted by molar-refractivity contribution is 6.07. The molecule has 0 saturated carbocycles. The van der Waals surface area contributed by atoms with Gasteiger partial charge >= 0.3 is 0 Å². The van der Waals surface area contributed by atoms with Gasteiger partial charge in [0.1, 0.15) is 11.6 Å². The van der Waals surface area contributed by atoms with E-state index in [1.54, 1.807) is 24.3 Å². The van der Waals surface area contributed by atoms with Crippen LogP contribution in [-0.4, -0.2) is 5.78 Å². The molecule has 0 fully saturated rings. The number of hydrogen-bond acceptors (Lipinski definition) is 3. The zero-order valence-corrected chi connectivity index (χ0v) is 11.0. The molecule has 2 aromatic carbocycles. The number of furan rings is 1. The lowest BCUT2D eigenvalue weighted by Crippen LogP contribution is -1.99. The highest BCUT2D eigenvalue weighted by Crippen LogP contribution is 2.24. The third-order valence-electron chi connectivity index (χ3n) is 3.13. The van der Waals surface area contributed by atoms with Crippen molar-refractivity contribution in [3.63, 3.8) is 0 Å². The van der Waals surface area contributed by atoms with Crippen molar-refractivity contribution in [1.82, 2.24) is 0 Å². The van der Waals surface area contributed by atoms with Gasteiger partial charge in [-0.05, 0) is 60.7 Å². The summed E-state index contributed by atoms with van der Waals surface area (Å²) in [4.78, 5) is 12.2. The number of ketones is 1. The van der Waals surface area contributed by atoms with Crippen molar-refractivity contribution < 1.29 is 13.6 Å². The molecule has 2 N–H and O–H groups in total. The number of hydrogen-bond donors (Lipinski definition) is 1. The third kappa shape index (κ3) is 2.69. The molecule has 0 aliphatic heterocycles. The van der Waals surface area contributed by atoms with Gasteiger partial charge in [-0.2, -0.15) is 0 Å². The molecule has 0 aliphatic rings. The quantitative estimate of drug-likeness (QED) is 0.585. The highest BCUT2D eigenvalue weighted by Gasteiger charge is 2.14. The Morgan fingerprint density at radius 3 is 2.24 bits per heavy atom. The van der Waals surface area contributed by atoms with Crippen molar-refractivity contribution in [2.75, 3.05) is 5.73 Å². The summed E-state index contributed by atoms with van der Waals surface area (Å²) in [5, 5.41) is 0. The monoisotopic (exact) mass is 281 g/mol. The van der Waals surface area contributed by atoms with E-state index in [1.165, 1.54) is 24.3 Å². The van der Waals surface area contributed by atoms with E-state index in [1.807, 2.05) is 12.1 Å². The third-order valence-corrected chi connectivity index (χ3v) is 3.13. The molecule has 0 saturated heterocycles. The molecule has 0 aliphatic carbocycles. The molecule has 0 atom stereocenters. The predicted octanol–water partition coefficient (Wildman–Crippen LogP) is 3.90. The van der Waals surface area contributed by atoms with Gasteiger partial charge in [0, 0.05) is 16.8 Å². The number of anilines is 1. The lowest BCUT2D eigenvalue weighted by molar-refractivity contribution is 0.101. The number of benzene rings is 2. The number of rotatable bonds is 3. The first-order valence-corrected chi connectivity index (χ1v) is 6.39. The van der Waals surface area contributed by atoms with Gasteiger partial charge in [0.25, 0.3) is 0 Å². The van der Waals surface area contributed by atoms with Crippen molar-refractivity contribution >= 4 is 11.5 Å². The Hall–Kier alpha value is -2.88. The molecule has 0 unspecified atom stereocenters. The molecule has 3 nitrogen and oxygen atoms in total. The standard InChI is InChI=1S/C17H12FNO2/c18-13-5-1-12(2-6-13)17(20)16-10-9-15(21-16)11-3-7-14(19)8-4-11/h1-10H,19H2. The van der Waals surface area contributed by atoms with E-state index in [9.17, 15) is 9.18 Å². The number of nitrogens with two attached hydrogens (primary N) is 1. The molecular formula is C17H12FNO2. The van der Waals surface area contributed by atoms with Gasteiger partial charge < -0.3 is 10.2 Å². The average Bonchev–Trinajstić information content (AvgIpc) is 2.98. The van der Waals surface area contributed by atoms with Crippen LogP contribution >= 0.6 is 0 Å². The van der Waals surface area contributed by atoms with E-state index in [0.717, 1.165) is 5.56 Å². The minimum atomic E-state index is -0.381. The molecule has 104 valence electrons. The molecule has 0 radical (unpaired) electrons. The van der Waals surface area contributed by atoms with Crippen LogP contribution < -0.4 is 5.73 Å². The van der Waals surface area contributed by atoms with Crippen molar-refractivity contribution in [2.24, 2.45) is 0 Å². The van der Waals surface area contributed by atoms with Crippen LogP contribution in [0.1, 0.15) is 16.1 Å². The molecule has 0 amide bonds. The van der Waals surface area contributed by atoms with Crippen LogP contribution in [0.2, 0.25) is 0 Å². The maximum atomic E-state index is 12.9. The topological polar surface area (TPSA) is 56.2 Å². The van der Waals surface area contributed by atoms with Gasteiger partial charge in [-0.3, -0.25) is 4.79 Å². The van der Waals surface area contributed by atoms with Crippen molar-refractivity contribution in [3.8, 4) is 11.3 Å². The fraction of sp³-hybridized carbons (Fsp3) is 0. The van der Waals surface area contributed by atoms with Gasteiger partial charge in [-0.25, -0.2) is 4.39 Å². The molecule has 3 rings (SSSR count). The fourth-order valence-corrected chi connectivity index (χ4v) is 2.01. The van der Waals surface area contributed by atoms with Crippen LogP contribution in [0, 0.1) is 5.82 Å². The summed E-state index contributed by atoms with van der Waals surface area (Å²) in [7, 11) is 0. The minimum Gasteiger partial charge on any atom is -0.453 e. The van der Waals surface area contributed by atoms with Crippen molar-refractivity contribution in [1.29, 1.82) is 0 Å². The molecule has 3 aromatic rings. The second kappa shape index (κ2) is 5.25. The van der Waals surface area contributed by atoms with E-state index in [-0.39, 0.29) is 17.4 Å². The molecule has 4 heteroatoms. The number of carbonyl (C=O) groups excluding carboxylic acids is 1. The van der Waals surface area contributed by atoms with Crippen molar-refractivity contribution in [2.45, 2.75) is 0 Å². The minimum absolute atomic E-state index is 0.216. The molecule has 1 aromatic heterocycles. The summed E-state index contributed by atoms with van der Waals surface area (Å²) in [6, 6.07) is 15.9. The maximum Gasteiger partial charge on any atom is 0.228 e. The summed E-state index contributed by atoms with van der Waals surface area (Å²) >= 11 is 0. The average molecular weight is 281 g/mol. The van der Waals surface area contributed by atoms with E-state index in [2.05, 4.69) is 0 Å². The zero-order chi connectivity index (χ0) is 14.8. The van der Waals surface area contributed by atoms with Crippen LogP contribution in [0.5, 0.6) is 0 Å². The van der Waals surface area contributed by atoms with Gasteiger partial charge in [0.15, 0.2) is 5.76 Å². The number of nitrogen functional groups attached to an aromatic ring is 1. The SMILES string of the molecule is Nc1ccc(-c2ccc(C(=O)c3ccc(F)cc3)o2)cc1.